The Morgan fingerprint density at radius 2 is 2.23 bits per heavy atom. The molecule has 0 spiro atoms. The first-order valence-electron chi connectivity index (χ1n) is 6.89. The monoisotopic (exact) mass is 333 g/mol. The van der Waals surface area contributed by atoms with Crippen molar-refractivity contribution in [1.29, 1.82) is 0 Å². The van der Waals surface area contributed by atoms with Crippen molar-refractivity contribution in [2.75, 3.05) is 5.32 Å². The number of nitrogens with zero attached hydrogens (tertiary/aromatic N) is 2. The predicted octanol–water partition coefficient (Wildman–Crippen LogP) is 4.02. The first-order valence-corrected chi connectivity index (χ1v) is 8.48. The lowest BCUT2D eigenvalue weighted by Gasteiger charge is -1.97. The number of hydrogen-bond donors (Lipinski definition) is 1. The number of thiazole rings is 1. The Bertz CT molecular complexity index is 873. The Balaban J connectivity index is 1.62. The standard InChI is InChI=1S/C15H12FN3OS2/c1-7-4-12(22-19-7)8-2-3-11-13(5-8)21-15(17-11)18-14(20)9-6-10(9)16/h2-5,9-10H,6H2,1H3,(H,17,18,20). The van der Waals surface area contributed by atoms with E-state index in [0.29, 0.717) is 11.6 Å². The minimum atomic E-state index is -0.990. The molecule has 0 bridgehead atoms. The van der Waals surface area contributed by atoms with Gasteiger partial charge in [0.2, 0.25) is 5.91 Å². The second-order valence-electron chi connectivity index (χ2n) is 5.38. The van der Waals surface area contributed by atoms with E-state index in [1.165, 1.54) is 22.9 Å². The van der Waals surface area contributed by atoms with Gasteiger partial charge in [-0.05, 0) is 48.6 Å². The van der Waals surface area contributed by atoms with Gasteiger partial charge in [0.05, 0.1) is 26.7 Å². The van der Waals surface area contributed by atoms with Gasteiger partial charge < -0.3 is 5.32 Å². The smallest absolute Gasteiger partial charge is 0.232 e. The minimum absolute atomic E-state index is 0.273. The molecule has 1 aliphatic carbocycles. The molecule has 0 saturated heterocycles. The molecule has 2 heterocycles. The molecular formula is C15H12FN3OS2. The Morgan fingerprint density at radius 1 is 1.41 bits per heavy atom. The first-order chi connectivity index (χ1) is 10.6. The fraction of sp³-hybridized carbons (Fsp3) is 0.267. The Hall–Kier alpha value is -1.86. The topological polar surface area (TPSA) is 54.9 Å². The van der Waals surface area contributed by atoms with Gasteiger partial charge >= 0.3 is 0 Å². The summed E-state index contributed by atoms with van der Waals surface area (Å²) in [5, 5.41) is 3.23. The van der Waals surface area contributed by atoms with Gasteiger partial charge in [-0.2, -0.15) is 4.37 Å². The molecule has 1 aromatic carbocycles. The summed E-state index contributed by atoms with van der Waals surface area (Å²) < 4.78 is 18.2. The first kappa shape index (κ1) is 13.8. The van der Waals surface area contributed by atoms with Crippen molar-refractivity contribution in [2.45, 2.75) is 19.5 Å². The molecule has 2 aromatic heterocycles. The maximum absolute atomic E-state index is 12.9. The SMILES string of the molecule is Cc1cc(-c2ccc3nc(NC(=O)C4CC4F)sc3c2)sn1. The largest absolute Gasteiger partial charge is 0.302 e. The lowest BCUT2D eigenvalue weighted by atomic mass is 10.2. The lowest BCUT2D eigenvalue weighted by molar-refractivity contribution is -0.117. The van der Waals surface area contributed by atoms with E-state index in [0.717, 1.165) is 26.4 Å². The van der Waals surface area contributed by atoms with E-state index >= 15 is 0 Å². The predicted molar refractivity (Wildman–Crippen MR) is 87.1 cm³/mol. The molecule has 4 rings (SSSR count). The molecule has 1 saturated carbocycles. The van der Waals surface area contributed by atoms with Crippen LogP contribution in [0, 0.1) is 12.8 Å². The summed E-state index contributed by atoms with van der Waals surface area (Å²) in [6.07, 6.45) is -0.665. The average Bonchev–Trinajstić information content (AvgIpc) is 2.90. The number of alkyl halides is 1. The molecule has 1 fully saturated rings. The van der Waals surface area contributed by atoms with Gasteiger partial charge in [-0.3, -0.25) is 4.79 Å². The van der Waals surface area contributed by atoms with Gasteiger partial charge in [-0.15, -0.1) is 0 Å². The number of carbonyl (C=O) groups is 1. The molecule has 22 heavy (non-hydrogen) atoms. The Kier molecular flexibility index (Phi) is 3.19. The van der Waals surface area contributed by atoms with E-state index in [9.17, 15) is 9.18 Å². The van der Waals surface area contributed by atoms with E-state index in [1.54, 1.807) is 0 Å². The summed E-state index contributed by atoms with van der Waals surface area (Å²) >= 11 is 2.87. The number of nitrogens with one attached hydrogen (secondary N) is 1. The highest BCUT2D eigenvalue weighted by molar-refractivity contribution is 7.22. The zero-order valence-electron chi connectivity index (χ0n) is 11.7. The van der Waals surface area contributed by atoms with E-state index in [4.69, 9.17) is 0 Å². The van der Waals surface area contributed by atoms with Crippen molar-refractivity contribution in [3.05, 3.63) is 30.0 Å². The molecule has 2 atom stereocenters. The molecular weight excluding hydrogens is 321 g/mol. The van der Waals surface area contributed by atoms with E-state index in [2.05, 4.69) is 14.7 Å². The van der Waals surface area contributed by atoms with E-state index in [1.807, 2.05) is 31.2 Å². The van der Waals surface area contributed by atoms with Crippen molar-refractivity contribution in [3.63, 3.8) is 0 Å². The minimum Gasteiger partial charge on any atom is -0.302 e. The molecule has 1 aliphatic rings. The number of aryl methyl sites for hydroxylation is 1. The van der Waals surface area contributed by atoms with Crippen molar-refractivity contribution in [1.82, 2.24) is 9.36 Å². The molecule has 1 N–H and O–H groups in total. The quantitative estimate of drug-likeness (QED) is 0.787. The average molecular weight is 333 g/mol. The summed E-state index contributed by atoms with van der Waals surface area (Å²) in [6.45, 7) is 1.97. The molecule has 4 nitrogen and oxygen atoms in total. The van der Waals surface area contributed by atoms with Gasteiger partial charge in [0.1, 0.15) is 6.17 Å². The fourth-order valence-corrected chi connectivity index (χ4v) is 3.92. The van der Waals surface area contributed by atoms with Crippen LogP contribution >= 0.6 is 22.9 Å². The number of aromatic nitrogens is 2. The molecule has 0 radical (unpaired) electrons. The van der Waals surface area contributed by atoms with Crippen LogP contribution in [-0.4, -0.2) is 21.4 Å². The number of hydrogen-bond acceptors (Lipinski definition) is 5. The van der Waals surface area contributed by atoms with Crippen molar-refractivity contribution in [3.8, 4) is 10.4 Å². The third kappa shape index (κ3) is 2.50. The molecule has 0 aliphatic heterocycles. The summed E-state index contributed by atoms with van der Waals surface area (Å²) in [6, 6.07) is 8.02. The van der Waals surface area contributed by atoms with Gasteiger partial charge in [0.25, 0.3) is 0 Å². The summed E-state index contributed by atoms with van der Waals surface area (Å²) in [4.78, 5) is 17.2. The molecule has 112 valence electrons. The van der Waals surface area contributed by atoms with E-state index < -0.39 is 12.1 Å². The van der Waals surface area contributed by atoms with Crippen LogP contribution in [0.1, 0.15) is 12.1 Å². The number of rotatable bonds is 3. The molecule has 1 amide bonds. The third-order valence-corrected chi connectivity index (χ3v) is 5.44. The van der Waals surface area contributed by atoms with Crippen LogP contribution in [0.3, 0.4) is 0 Å². The third-order valence-electron chi connectivity index (χ3n) is 3.58. The Morgan fingerprint density at radius 3 is 2.91 bits per heavy atom. The van der Waals surface area contributed by atoms with Crippen molar-refractivity contribution < 1.29 is 9.18 Å². The van der Waals surface area contributed by atoms with Crippen LogP contribution in [0.15, 0.2) is 24.3 Å². The van der Waals surface area contributed by atoms with Gasteiger partial charge in [-0.25, -0.2) is 9.37 Å². The summed E-state index contributed by atoms with van der Waals surface area (Å²) in [7, 11) is 0. The van der Waals surface area contributed by atoms with Gasteiger partial charge in [0.15, 0.2) is 5.13 Å². The number of fused-ring (bicyclic) bond motifs is 1. The Labute approximate surface area is 134 Å². The highest BCUT2D eigenvalue weighted by atomic mass is 32.1. The van der Waals surface area contributed by atoms with Crippen LogP contribution in [0.4, 0.5) is 9.52 Å². The maximum Gasteiger partial charge on any atom is 0.232 e. The highest BCUT2D eigenvalue weighted by Gasteiger charge is 2.43. The number of amides is 1. The lowest BCUT2D eigenvalue weighted by Crippen LogP contribution is -2.14. The van der Waals surface area contributed by atoms with E-state index in [-0.39, 0.29) is 5.91 Å². The number of anilines is 1. The molecule has 2 unspecified atom stereocenters. The van der Waals surface area contributed by atoms with Crippen LogP contribution in [0.5, 0.6) is 0 Å². The summed E-state index contributed by atoms with van der Waals surface area (Å²) in [5.74, 6) is -0.771. The normalized spacial score (nSPS) is 20.3. The number of carbonyl (C=O) groups excluding carboxylic acids is 1. The van der Waals surface area contributed by atoms with Gasteiger partial charge in [-0.1, -0.05) is 17.4 Å². The second-order valence-corrected chi connectivity index (χ2v) is 7.22. The highest BCUT2D eigenvalue weighted by Crippen LogP contribution is 2.36. The van der Waals surface area contributed by atoms with Crippen molar-refractivity contribution in [2.24, 2.45) is 5.92 Å². The molecule has 7 heteroatoms. The second kappa shape index (κ2) is 5.10. The van der Waals surface area contributed by atoms with Crippen LogP contribution in [0.2, 0.25) is 0 Å². The molecule has 3 aromatic rings. The summed E-state index contributed by atoms with van der Waals surface area (Å²) in [5.41, 5.74) is 2.92. The zero-order valence-corrected chi connectivity index (χ0v) is 13.3. The number of halogens is 1. The fourth-order valence-electron chi connectivity index (χ4n) is 2.26. The van der Waals surface area contributed by atoms with Crippen LogP contribution in [-0.2, 0) is 4.79 Å². The van der Waals surface area contributed by atoms with Crippen molar-refractivity contribution >= 4 is 44.1 Å². The maximum atomic E-state index is 12.9. The number of benzene rings is 1. The zero-order chi connectivity index (χ0) is 15.3. The van der Waals surface area contributed by atoms with Crippen LogP contribution < -0.4 is 5.32 Å². The van der Waals surface area contributed by atoms with Crippen LogP contribution in [0.25, 0.3) is 20.7 Å². The van der Waals surface area contributed by atoms with Gasteiger partial charge in [0, 0.05) is 0 Å².